The van der Waals surface area contributed by atoms with Crippen LogP contribution in [0.3, 0.4) is 0 Å². The summed E-state index contributed by atoms with van der Waals surface area (Å²) in [5.74, 6) is -1.71. The standard InChI is InChI=1S/C14H10ClFN2O3/c15-9-5-6-17-12(7-9)14(20)21-8-13(19)18-11-3-1-10(16)2-4-11/h1-7H,8H2,(H,18,19). The number of ether oxygens (including phenoxy) is 1. The first kappa shape index (κ1) is 14.9. The second-order valence-electron chi connectivity index (χ2n) is 3.99. The normalized spacial score (nSPS) is 10.0. The maximum Gasteiger partial charge on any atom is 0.357 e. The van der Waals surface area contributed by atoms with Crippen molar-refractivity contribution < 1.29 is 18.7 Å². The average molecular weight is 309 g/mol. The highest BCUT2D eigenvalue weighted by Gasteiger charge is 2.12. The summed E-state index contributed by atoms with van der Waals surface area (Å²) in [6.45, 7) is -0.482. The fourth-order valence-electron chi connectivity index (χ4n) is 1.45. The molecular formula is C14H10ClFN2O3. The topological polar surface area (TPSA) is 68.3 Å². The lowest BCUT2D eigenvalue weighted by molar-refractivity contribution is -0.119. The van der Waals surface area contributed by atoms with Crippen molar-refractivity contribution >= 4 is 29.2 Å². The fourth-order valence-corrected chi connectivity index (χ4v) is 1.61. The maximum atomic E-state index is 12.7. The molecule has 2 rings (SSSR count). The van der Waals surface area contributed by atoms with Crippen LogP contribution in [-0.4, -0.2) is 23.5 Å². The second-order valence-corrected chi connectivity index (χ2v) is 4.43. The van der Waals surface area contributed by atoms with Crippen molar-refractivity contribution in [2.45, 2.75) is 0 Å². The third kappa shape index (κ3) is 4.54. The number of halogens is 2. The summed E-state index contributed by atoms with van der Waals surface area (Å²) in [5.41, 5.74) is 0.412. The lowest BCUT2D eigenvalue weighted by Gasteiger charge is -2.06. The van der Waals surface area contributed by atoms with Crippen molar-refractivity contribution in [1.82, 2.24) is 4.98 Å². The number of benzene rings is 1. The van der Waals surface area contributed by atoms with Gasteiger partial charge in [0.25, 0.3) is 5.91 Å². The van der Waals surface area contributed by atoms with Crippen molar-refractivity contribution in [1.29, 1.82) is 0 Å². The zero-order valence-corrected chi connectivity index (χ0v) is 11.4. The highest BCUT2D eigenvalue weighted by Crippen LogP contribution is 2.10. The summed E-state index contributed by atoms with van der Waals surface area (Å²) >= 11 is 5.71. The van der Waals surface area contributed by atoms with Crippen molar-refractivity contribution in [3.63, 3.8) is 0 Å². The summed E-state index contributed by atoms with van der Waals surface area (Å²) in [5, 5.41) is 2.80. The van der Waals surface area contributed by atoms with Crippen LogP contribution in [0.2, 0.25) is 5.02 Å². The Morgan fingerprint density at radius 3 is 2.62 bits per heavy atom. The van der Waals surface area contributed by atoms with E-state index in [0.29, 0.717) is 10.7 Å². The van der Waals surface area contributed by atoms with Crippen LogP contribution in [0, 0.1) is 5.82 Å². The van der Waals surface area contributed by atoms with E-state index in [1.165, 1.54) is 42.6 Å². The Hall–Kier alpha value is -2.47. The van der Waals surface area contributed by atoms with E-state index >= 15 is 0 Å². The number of anilines is 1. The number of pyridine rings is 1. The Labute approximate surface area is 124 Å². The summed E-state index contributed by atoms with van der Waals surface area (Å²) in [6, 6.07) is 8.05. The molecule has 108 valence electrons. The molecule has 0 saturated heterocycles. The third-order valence-electron chi connectivity index (χ3n) is 2.39. The quantitative estimate of drug-likeness (QED) is 0.882. The van der Waals surface area contributed by atoms with Gasteiger partial charge in [-0.25, -0.2) is 14.2 Å². The molecule has 1 heterocycles. The van der Waals surface area contributed by atoms with Gasteiger partial charge in [0.2, 0.25) is 0 Å². The van der Waals surface area contributed by atoms with Gasteiger partial charge in [0.05, 0.1) is 0 Å². The Morgan fingerprint density at radius 1 is 1.24 bits per heavy atom. The van der Waals surface area contributed by atoms with Gasteiger partial charge in [-0.3, -0.25) is 4.79 Å². The lowest BCUT2D eigenvalue weighted by atomic mass is 10.3. The molecule has 0 spiro atoms. The van der Waals surface area contributed by atoms with Crippen LogP contribution in [0.5, 0.6) is 0 Å². The smallest absolute Gasteiger partial charge is 0.357 e. The molecule has 2 aromatic rings. The molecule has 0 fully saturated rings. The number of nitrogens with one attached hydrogen (secondary N) is 1. The number of rotatable bonds is 4. The van der Waals surface area contributed by atoms with E-state index in [2.05, 4.69) is 10.3 Å². The molecule has 1 aromatic carbocycles. The van der Waals surface area contributed by atoms with Crippen LogP contribution in [0.4, 0.5) is 10.1 Å². The van der Waals surface area contributed by atoms with Gasteiger partial charge in [0.1, 0.15) is 11.5 Å². The van der Waals surface area contributed by atoms with Gasteiger partial charge in [-0.2, -0.15) is 0 Å². The summed E-state index contributed by atoms with van der Waals surface area (Å²) in [6.07, 6.45) is 1.36. The van der Waals surface area contributed by atoms with Gasteiger partial charge >= 0.3 is 5.97 Å². The monoisotopic (exact) mass is 308 g/mol. The van der Waals surface area contributed by atoms with Crippen molar-refractivity contribution in [3.8, 4) is 0 Å². The number of carbonyl (C=O) groups excluding carboxylic acids is 2. The predicted molar refractivity (Wildman–Crippen MR) is 74.6 cm³/mol. The van der Waals surface area contributed by atoms with Gasteiger partial charge in [-0.1, -0.05) is 11.6 Å². The molecule has 0 radical (unpaired) electrons. The Bertz CT molecular complexity index is 662. The molecule has 1 N–H and O–H groups in total. The minimum atomic E-state index is -0.758. The van der Waals surface area contributed by atoms with E-state index in [1.54, 1.807) is 0 Å². The first-order valence-corrected chi connectivity index (χ1v) is 6.26. The second kappa shape index (κ2) is 6.81. The van der Waals surface area contributed by atoms with Gasteiger partial charge in [-0.05, 0) is 36.4 Å². The third-order valence-corrected chi connectivity index (χ3v) is 2.63. The molecule has 1 amide bonds. The van der Waals surface area contributed by atoms with Crippen LogP contribution in [0.15, 0.2) is 42.6 Å². The van der Waals surface area contributed by atoms with E-state index in [0.717, 1.165) is 0 Å². The van der Waals surface area contributed by atoms with Crippen molar-refractivity contribution in [2.24, 2.45) is 0 Å². The van der Waals surface area contributed by atoms with E-state index in [9.17, 15) is 14.0 Å². The lowest BCUT2D eigenvalue weighted by Crippen LogP contribution is -2.21. The minimum absolute atomic E-state index is 0.0112. The highest BCUT2D eigenvalue weighted by atomic mass is 35.5. The first-order chi connectivity index (χ1) is 10.0. The molecule has 0 aliphatic carbocycles. The summed E-state index contributed by atoms with van der Waals surface area (Å²) in [4.78, 5) is 27.0. The zero-order chi connectivity index (χ0) is 15.2. The van der Waals surface area contributed by atoms with Crippen LogP contribution in [-0.2, 0) is 9.53 Å². The molecule has 0 saturated carbocycles. The Balaban J connectivity index is 1.86. The van der Waals surface area contributed by atoms with Crippen LogP contribution in [0.25, 0.3) is 0 Å². The predicted octanol–water partition coefficient (Wildman–Crippen LogP) is 2.67. The summed E-state index contributed by atoms with van der Waals surface area (Å²) in [7, 11) is 0. The molecule has 0 aliphatic heterocycles. The number of carbonyl (C=O) groups is 2. The largest absolute Gasteiger partial charge is 0.451 e. The number of esters is 1. The average Bonchev–Trinajstić information content (AvgIpc) is 2.47. The molecule has 0 unspecified atom stereocenters. The van der Waals surface area contributed by atoms with E-state index in [1.807, 2.05) is 0 Å². The van der Waals surface area contributed by atoms with Gasteiger partial charge < -0.3 is 10.1 Å². The van der Waals surface area contributed by atoms with Crippen molar-refractivity contribution in [3.05, 3.63) is 59.1 Å². The number of hydrogen-bond acceptors (Lipinski definition) is 4. The van der Waals surface area contributed by atoms with Crippen LogP contribution < -0.4 is 5.32 Å². The number of nitrogens with zero attached hydrogens (tertiary/aromatic N) is 1. The molecule has 0 bridgehead atoms. The van der Waals surface area contributed by atoms with E-state index in [4.69, 9.17) is 16.3 Å². The first-order valence-electron chi connectivity index (χ1n) is 5.89. The number of aromatic nitrogens is 1. The Kier molecular flexibility index (Phi) is 4.84. The van der Waals surface area contributed by atoms with Gasteiger partial charge in [-0.15, -0.1) is 0 Å². The summed E-state index contributed by atoms with van der Waals surface area (Å²) < 4.78 is 17.5. The van der Waals surface area contributed by atoms with Crippen molar-refractivity contribution in [2.75, 3.05) is 11.9 Å². The van der Waals surface area contributed by atoms with E-state index in [-0.39, 0.29) is 5.69 Å². The number of hydrogen-bond donors (Lipinski definition) is 1. The van der Waals surface area contributed by atoms with E-state index < -0.39 is 24.3 Å². The van der Waals surface area contributed by atoms with Crippen LogP contribution in [0.1, 0.15) is 10.5 Å². The number of amides is 1. The molecule has 1 aromatic heterocycles. The molecular weight excluding hydrogens is 299 g/mol. The molecule has 0 aliphatic rings. The zero-order valence-electron chi connectivity index (χ0n) is 10.7. The highest BCUT2D eigenvalue weighted by molar-refractivity contribution is 6.30. The molecule has 5 nitrogen and oxygen atoms in total. The van der Waals surface area contributed by atoms with Gasteiger partial charge in [0, 0.05) is 16.9 Å². The molecule has 7 heteroatoms. The maximum absolute atomic E-state index is 12.7. The SMILES string of the molecule is O=C(COC(=O)c1cc(Cl)ccn1)Nc1ccc(F)cc1. The minimum Gasteiger partial charge on any atom is -0.451 e. The van der Waals surface area contributed by atoms with Gasteiger partial charge in [0.15, 0.2) is 6.61 Å². The Morgan fingerprint density at radius 2 is 1.95 bits per heavy atom. The molecule has 0 atom stereocenters. The molecule has 21 heavy (non-hydrogen) atoms. The van der Waals surface area contributed by atoms with Crippen LogP contribution >= 0.6 is 11.6 Å². The fraction of sp³-hybridized carbons (Fsp3) is 0.0714.